The monoisotopic (exact) mass is 502 g/mol. The molecule has 36 heavy (non-hydrogen) atoms. The van der Waals surface area contributed by atoms with Gasteiger partial charge in [0.05, 0.1) is 21.8 Å². The van der Waals surface area contributed by atoms with Crippen molar-refractivity contribution in [3.8, 4) is 0 Å². The Morgan fingerprint density at radius 2 is 1.83 bits per heavy atom. The Hall–Kier alpha value is -3.78. The van der Waals surface area contributed by atoms with Gasteiger partial charge in [-0.25, -0.2) is 0 Å². The molecule has 2 aromatic carbocycles. The standard InChI is InChI=1S/C27H27ClN6O2/c1-16-24(17(2)33(3)32-16)26(35)31-22-9-12-34(15-20(22)18-7-5-4-6-8-18)27(36)19-13-21(28)25-23(14-19)29-10-11-30-25/h4-8,10-11,13-14,20,22H,9,12,15H2,1-3H3,(H,31,35)/t20-,22-/m1/s1. The van der Waals surface area contributed by atoms with Crippen LogP contribution in [0.2, 0.25) is 5.02 Å². The predicted molar refractivity (Wildman–Crippen MR) is 138 cm³/mol. The number of benzene rings is 2. The minimum atomic E-state index is -0.135. The van der Waals surface area contributed by atoms with Crippen molar-refractivity contribution in [1.82, 2.24) is 30.0 Å². The number of amides is 2. The van der Waals surface area contributed by atoms with Gasteiger partial charge < -0.3 is 10.2 Å². The summed E-state index contributed by atoms with van der Waals surface area (Å²) in [5.74, 6) is -0.321. The highest BCUT2D eigenvalue weighted by molar-refractivity contribution is 6.35. The maximum atomic E-state index is 13.5. The lowest BCUT2D eigenvalue weighted by atomic mass is 9.85. The summed E-state index contributed by atoms with van der Waals surface area (Å²) in [7, 11) is 1.83. The zero-order valence-corrected chi connectivity index (χ0v) is 21.2. The normalized spacial score (nSPS) is 17.8. The SMILES string of the molecule is Cc1nn(C)c(C)c1C(=O)N[C@@H]1CCN(C(=O)c2cc(Cl)c3nccnc3c2)C[C@@H]1c1ccccc1. The van der Waals surface area contributed by atoms with Crippen molar-refractivity contribution in [2.75, 3.05) is 13.1 Å². The highest BCUT2D eigenvalue weighted by Crippen LogP contribution is 2.30. The van der Waals surface area contributed by atoms with Gasteiger partial charge in [0.2, 0.25) is 0 Å². The third-order valence-corrected chi connectivity index (χ3v) is 7.24. The lowest BCUT2D eigenvalue weighted by Crippen LogP contribution is -2.51. The van der Waals surface area contributed by atoms with Crippen molar-refractivity contribution in [1.29, 1.82) is 0 Å². The van der Waals surface area contributed by atoms with Crippen LogP contribution in [0.1, 0.15) is 50.0 Å². The number of carbonyl (C=O) groups is 2. The number of carbonyl (C=O) groups excluding carboxylic acids is 2. The number of piperidine rings is 1. The average Bonchev–Trinajstić information content (AvgIpc) is 3.15. The van der Waals surface area contributed by atoms with E-state index in [9.17, 15) is 9.59 Å². The zero-order chi connectivity index (χ0) is 25.4. The molecule has 0 radical (unpaired) electrons. The quantitative estimate of drug-likeness (QED) is 0.454. The fourth-order valence-corrected chi connectivity index (χ4v) is 5.29. The summed E-state index contributed by atoms with van der Waals surface area (Å²) >= 11 is 6.41. The number of hydrogen-bond donors (Lipinski definition) is 1. The van der Waals surface area contributed by atoms with Gasteiger partial charge >= 0.3 is 0 Å². The largest absolute Gasteiger partial charge is 0.348 e. The van der Waals surface area contributed by atoms with E-state index < -0.39 is 0 Å². The van der Waals surface area contributed by atoms with Crippen LogP contribution in [-0.4, -0.2) is 55.6 Å². The van der Waals surface area contributed by atoms with Crippen LogP contribution in [0.5, 0.6) is 0 Å². The van der Waals surface area contributed by atoms with Crippen LogP contribution in [0, 0.1) is 13.8 Å². The Morgan fingerprint density at radius 3 is 2.56 bits per heavy atom. The van der Waals surface area contributed by atoms with Crippen molar-refractivity contribution in [2.45, 2.75) is 32.2 Å². The number of nitrogens with one attached hydrogen (secondary N) is 1. The molecule has 0 saturated carbocycles. The third-order valence-electron chi connectivity index (χ3n) is 6.95. The summed E-state index contributed by atoms with van der Waals surface area (Å²) < 4.78 is 1.72. The van der Waals surface area contributed by atoms with Gasteiger partial charge in [-0.2, -0.15) is 5.10 Å². The van der Waals surface area contributed by atoms with Crippen LogP contribution in [0.3, 0.4) is 0 Å². The third kappa shape index (κ3) is 4.44. The van der Waals surface area contributed by atoms with Crippen LogP contribution < -0.4 is 5.32 Å². The topological polar surface area (TPSA) is 93.0 Å². The molecule has 1 aliphatic rings. The molecule has 2 aromatic heterocycles. The number of halogens is 1. The van der Waals surface area contributed by atoms with Crippen LogP contribution in [0.4, 0.5) is 0 Å². The van der Waals surface area contributed by atoms with Gasteiger partial charge in [-0.05, 0) is 38.0 Å². The van der Waals surface area contributed by atoms with Gasteiger partial charge in [0.25, 0.3) is 11.8 Å². The van der Waals surface area contributed by atoms with Crippen molar-refractivity contribution >= 4 is 34.4 Å². The van der Waals surface area contributed by atoms with Gasteiger partial charge in [-0.1, -0.05) is 41.9 Å². The minimum Gasteiger partial charge on any atom is -0.348 e. The van der Waals surface area contributed by atoms with E-state index in [0.717, 1.165) is 11.3 Å². The second kappa shape index (κ2) is 9.70. The Kier molecular flexibility index (Phi) is 6.45. The van der Waals surface area contributed by atoms with Crippen molar-refractivity contribution < 1.29 is 9.59 Å². The molecule has 0 aliphatic carbocycles. The summed E-state index contributed by atoms with van der Waals surface area (Å²) in [6, 6.07) is 13.3. The fourth-order valence-electron chi connectivity index (χ4n) is 5.03. The molecule has 1 aliphatic heterocycles. The number of aryl methyl sites for hydroxylation is 2. The van der Waals surface area contributed by atoms with Crippen LogP contribution in [0.15, 0.2) is 54.9 Å². The van der Waals surface area contributed by atoms with Gasteiger partial charge in [0.1, 0.15) is 5.52 Å². The molecule has 0 spiro atoms. The molecular weight excluding hydrogens is 476 g/mol. The first-order valence-corrected chi connectivity index (χ1v) is 12.3. The van der Waals surface area contributed by atoms with Crippen LogP contribution in [0.25, 0.3) is 11.0 Å². The maximum absolute atomic E-state index is 13.5. The smallest absolute Gasteiger partial charge is 0.255 e. The molecule has 0 unspecified atom stereocenters. The molecule has 1 N–H and O–H groups in total. The van der Waals surface area contributed by atoms with E-state index >= 15 is 0 Å². The Balaban J connectivity index is 1.41. The van der Waals surface area contributed by atoms with E-state index in [1.165, 1.54) is 0 Å². The van der Waals surface area contributed by atoms with Crippen LogP contribution >= 0.6 is 11.6 Å². The van der Waals surface area contributed by atoms with Gasteiger partial charge in [0, 0.05) is 55.7 Å². The first-order chi connectivity index (χ1) is 17.3. The molecule has 1 saturated heterocycles. The van der Waals surface area contributed by atoms with E-state index in [4.69, 9.17) is 11.6 Å². The first-order valence-electron chi connectivity index (χ1n) is 11.9. The number of nitrogens with zero attached hydrogens (tertiary/aromatic N) is 5. The highest BCUT2D eigenvalue weighted by Gasteiger charge is 2.35. The highest BCUT2D eigenvalue weighted by atomic mass is 35.5. The Bertz CT molecular complexity index is 1450. The number of aromatic nitrogens is 4. The maximum Gasteiger partial charge on any atom is 0.255 e. The van der Waals surface area contributed by atoms with E-state index in [1.54, 1.807) is 29.2 Å². The van der Waals surface area contributed by atoms with E-state index in [-0.39, 0.29) is 23.8 Å². The van der Waals surface area contributed by atoms with Crippen molar-refractivity contribution in [2.24, 2.45) is 7.05 Å². The molecule has 2 amide bonds. The summed E-state index contributed by atoms with van der Waals surface area (Å²) in [6.45, 7) is 4.71. The van der Waals surface area contributed by atoms with Gasteiger partial charge in [-0.3, -0.25) is 24.2 Å². The molecule has 8 nitrogen and oxygen atoms in total. The first kappa shape index (κ1) is 23.9. The molecule has 9 heteroatoms. The predicted octanol–water partition coefficient (Wildman–Crippen LogP) is 4.06. The molecule has 4 aromatic rings. The Morgan fingerprint density at radius 1 is 1.08 bits per heavy atom. The number of rotatable bonds is 4. The van der Waals surface area contributed by atoms with E-state index in [2.05, 4.69) is 20.4 Å². The Labute approximate surface area is 214 Å². The molecule has 2 atom stereocenters. The van der Waals surface area contributed by atoms with Crippen molar-refractivity contribution in [3.05, 3.63) is 88.0 Å². The lowest BCUT2D eigenvalue weighted by Gasteiger charge is -2.39. The number of likely N-dealkylation sites (tertiary alicyclic amines) is 1. The molecule has 3 heterocycles. The molecule has 0 bridgehead atoms. The average molecular weight is 503 g/mol. The summed E-state index contributed by atoms with van der Waals surface area (Å²) in [5.41, 5.74) is 4.83. The molecule has 184 valence electrons. The number of fused-ring (bicyclic) bond motifs is 1. The second-order valence-corrected chi connectivity index (χ2v) is 9.60. The molecule has 5 rings (SSSR count). The fraction of sp³-hybridized carbons (Fsp3) is 0.296. The van der Waals surface area contributed by atoms with Crippen LogP contribution in [-0.2, 0) is 7.05 Å². The summed E-state index contributed by atoms with van der Waals surface area (Å²) in [4.78, 5) is 37.2. The summed E-state index contributed by atoms with van der Waals surface area (Å²) in [5, 5.41) is 8.02. The lowest BCUT2D eigenvalue weighted by molar-refractivity contribution is 0.0671. The zero-order valence-electron chi connectivity index (χ0n) is 20.4. The summed E-state index contributed by atoms with van der Waals surface area (Å²) in [6.07, 6.45) is 3.78. The van der Waals surface area contributed by atoms with Gasteiger partial charge in [-0.15, -0.1) is 0 Å². The van der Waals surface area contributed by atoms with E-state index in [0.29, 0.717) is 52.4 Å². The molecule has 1 fully saturated rings. The van der Waals surface area contributed by atoms with Gasteiger partial charge in [0.15, 0.2) is 0 Å². The number of hydrogen-bond acceptors (Lipinski definition) is 5. The van der Waals surface area contributed by atoms with Crippen molar-refractivity contribution in [3.63, 3.8) is 0 Å². The van der Waals surface area contributed by atoms with E-state index in [1.807, 2.05) is 56.1 Å². The second-order valence-electron chi connectivity index (χ2n) is 9.19. The molecular formula is C27H27ClN6O2. The minimum absolute atomic E-state index is 0.0687.